The summed E-state index contributed by atoms with van der Waals surface area (Å²) in [5, 5.41) is 3.47. The van der Waals surface area contributed by atoms with Crippen LogP contribution < -0.4 is 5.32 Å². The number of nitrogens with one attached hydrogen (secondary N) is 1. The number of likely N-dealkylation sites (tertiary alicyclic amines) is 1. The average molecular weight is 299 g/mol. The molecule has 0 amide bonds. The lowest BCUT2D eigenvalue weighted by Crippen LogP contribution is -2.34. The fraction of sp³-hybridized carbons (Fsp3) is 0.647. The molecule has 4 rings (SSSR count). The van der Waals surface area contributed by atoms with E-state index < -0.39 is 0 Å². The van der Waals surface area contributed by atoms with Gasteiger partial charge in [-0.1, -0.05) is 0 Å². The van der Waals surface area contributed by atoms with Gasteiger partial charge in [-0.15, -0.1) is 0 Å². The van der Waals surface area contributed by atoms with Crippen molar-refractivity contribution >= 4 is 11.2 Å². The van der Waals surface area contributed by atoms with Crippen LogP contribution >= 0.6 is 0 Å². The smallest absolute Gasteiger partial charge is 0.160 e. The summed E-state index contributed by atoms with van der Waals surface area (Å²) in [6, 6.07) is 4.61. The predicted molar refractivity (Wildman–Crippen MR) is 88.0 cm³/mol. The lowest BCUT2D eigenvalue weighted by molar-refractivity contribution is 0.211. The minimum absolute atomic E-state index is 0.517. The van der Waals surface area contributed by atoms with Crippen LogP contribution in [-0.4, -0.2) is 52.7 Å². The summed E-state index contributed by atoms with van der Waals surface area (Å²) in [5.74, 6) is 1.96. The highest BCUT2D eigenvalue weighted by Crippen LogP contribution is 2.28. The molecular formula is C17H25N5. The van der Waals surface area contributed by atoms with E-state index in [1.807, 2.05) is 12.3 Å². The maximum Gasteiger partial charge on any atom is 0.160 e. The maximum absolute atomic E-state index is 4.93. The third-order valence-corrected chi connectivity index (χ3v) is 5.12. The molecule has 2 aliphatic rings. The van der Waals surface area contributed by atoms with E-state index in [2.05, 4.69) is 32.9 Å². The molecule has 0 aromatic carbocycles. The molecular weight excluding hydrogens is 274 g/mol. The summed E-state index contributed by atoms with van der Waals surface area (Å²) in [4.78, 5) is 12.0. The number of likely N-dealkylation sites (N-methyl/N-ethyl adjacent to an activating group) is 1. The summed E-state index contributed by atoms with van der Waals surface area (Å²) in [7, 11) is 2.22. The molecule has 1 N–H and O–H groups in total. The number of piperidine rings is 1. The summed E-state index contributed by atoms with van der Waals surface area (Å²) in [5.41, 5.74) is 2.13. The van der Waals surface area contributed by atoms with Crippen molar-refractivity contribution in [2.75, 3.05) is 33.2 Å². The van der Waals surface area contributed by atoms with Gasteiger partial charge >= 0.3 is 0 Å². The molecule has 2 unspecified atom stereocenters. The van der Waals surface area contributed by atoms with Gasteiger partial charge in [-0.05, 0) is 64.0 Å². The third-order valence-electron chi connectivity index (χ3n) is 5.12. The minimum Gasteiger partial charge on any atom is -0.316 e. The molecule has 118 valence electrons. The number of aromatic nitrogens is 3. The molecule has 4 heterocycles. The summed E-state index contributed by atoms with van der Waals surface area (Å²) in [6.07, 6.45) is 6.74. The normalized spacial score (nSPS) is 26.8. The van der Waals surface area contributed by atoms with Crippen molar-refractivity contribution in [2.24, 2.45) is 5.92 Å². The molecule has 0 spiro atoms. The van der Waals surface area contributed by atoms with Crippen LogP contribution in [0.4, 0.5) is 0 Å². The Morgan fingerprint density at radius 3 is 3.14 bits per heavy atom. The van der Waals surface area contributed by atoms with Crippen LogP contribution in [0, 0.1) is 5.92 Å². The van der Waals surface area contributed by atoms with Crippen LogP contribution in [0.15, 0.2) is 18.3 Å². The number of hydrogen-bond donors (Lipinski definition) is 1. The Balaban J connectivity index is 1.72. The molecule has 2 fully saturated rings. The third kappa shape index (κ3) is 2.63. The number of imidazole rings is 1. The monoisotopic (exact) mass is 299 g/mol. The van der Waals surface area contributed by atoms with Crippen LogP contribution in [0.5, 0.6) is 0 Å². The Labute approximate surface area is 131 Å². The molecule has 22 heavy (non-hydrogen) atoms. The Morgan fingerprint density at radius 2 is 2.32 bits per heavy atom. The average Bonchev–Trinajstić information content (AvgIpc) is 3.14. The van der Waals surface area contributed by atoms with Crippen molar-refractivity contribution in [2.45, 2.75) is 31.7 Å². The molecule has 5 heteroatoms. The van der Waals surface area contributed by atoms with E-state index in [9.17, 15) is 0 Å². The van der Waals surface area contributed by atoms with Gasteiger partial charge in [0.15, 0.2) is 5.65 Å². The highest BCUT2D eigenvalue weighted by Gasteiger charge is 2.26. The van der Waals surface area contributed by atoms with Crippen LogP contribution in [0.1, 0.15) is 31.1 Å². The number of hydrogen-bond acceptors (Lipinski definition) is 4. The van der Waals surface area contributed by atoms with Gasteiger partial charge in [0.25, 0.3) is 0 Å². The first-order valence-corrected chi connectivity index (χ1v) is 8.52. The Hall–Kier alpha value is -1.46. The van der Waals surface area contributed by atoms with Gasteiger partial charge in [-0.25, -0.2) is 9.97 Å². The molecule has 0 radical (unpaired) electrons. The molecule has 2 aliphatic heterocycles. The SMILES string of the molecule is CN1CCCC(n2c(CC3CCNC3)nc3cccnc32)C1. The van der Waals surface area contributed by atoms with Crippen molar-refractivity contribution in [1.82, 2.24) is 24.8 Å². The lowest BCUT2D eigenvalue weighted by Gasteiger charge is -2.31. The number of nitrogens with zero attached hydrogens (tertiary/aromatic N) is 4. The van der Waals surface area contributed by atoms with Crippen molar-refractivity contribution in [1.29, 1.82) is 0 Å². The minimum atomic E-state index is 0.517. The van der Waals surface area contributed by atoms with E-state index in [0.717, 1.165) is 43.1 Å². The van der Waals surface area contributed by atoms with E-state index in [0.29, 0.717) is 6.04 Å². The van der Waals surface area contributed by atoms with Gasteiger partial charge in [0.1, 0.15) is 11.3 Å². The maximum atomic E-state index is 4.93. The number of pyridine rings is 1. The Kier molecular flexibility index (Phi) is 3.84. The highest BCUT2D eigenvalue weighted by molar-refractivity contribution is 5.71. The molecule has 2 atom stereocenters. The van der Waals surface area contributed by atoms with E-state index in [4.69, 9.17) is 4.98 Å². The zero-order valence-corrected chi connectivity index (χ0v) is 13.3. The molecule has 0 saturated carbocycles. The second kappa shape index (κ2) is 5.97. The first kappa shape index (κ1) is 14.2. The Morgan fingerprint density at radius 1 is 1.36 bits per heavy atom. The van der Waals surface area contributed by atoms with Crippen molar-refractivity contribution in [3.05, 3.63) is 24.2 Å². The van der Waals surface area contributed by atoms with Crippen molar-refractivity contribution in [3.8, 4) is 0 Å². The second-order valence-corrected chi connectivity index (χ2v) is 6.87. The predicted octanol–water partition coefficient (Wildman–Crippen LogP) is 1.85. The fourth-order valence-corrected chi connectivity index (χ4v) is 4.00. The van der Waals surface area contributed by atoms with Gasteiger partial charge in [0.05, 0.1) is 0 Å². The quantitative estimate of drug-likeness (QED) is 0.939. The molecule has 0 bridgehead atoms. The van der Waals surface area contributed by atoms with Gasteiger partial charge < -0.3 is 14.8 Å². The van der Waals surface area contributed by atoms with Crippen LogP contribution in [0.2, 0.25) is 0 Å². The largest absolute Gasteiger partial charge is 0.316 e. The first-order chi connectivity index (χ1) is 10.8. The summed E-state index contributed by atoms with van der Waals surface area (Å²) < 4.78 is 2.45. The van der Waals surface area contributed by atoms with Gasteiger partial charge in [0, 0.05) is 25.2 Å². The lowest BCUT2D eigenvalue weighted by atomic mass is 10.0. The van der Waals surface area contributed by atoms with Crippen molar-refractivity contribution in [3.63, 3.8) is 0 Å². The highest BCUT2D eigenvalue weighted by atomic mass is 15.2. The zero-order chi connectivity index (χ0) is 14.9. The van der Waals surface area contributed by atoms with E-state index >= 15 is 0 Å². The van der Waals surface area contributed by atoms with Crippen LogP contribution in [0.25, 0.3) is 11.2 Å². The first-order valence-electron chi connectivity index (χ1n) is 8.52. The zero-order valence-electron chi connectivity index (χ0n) is 13.3. The molecule has 2 aromatic rings. The Bertz CT molecular complexity index is 644. The molecule has 5 nitrogen and oxygen atoms in total. The van der Waals surface area contributed by atoms with Gasteiger partial charge in [-0.2, -0.15) is 0 Å². The van der Waals surface area contributed by atoms with Gasteiger partial charge in [0.2, 0.25) is 0 Å². The fourth-order valence-electron chi connectivity index (χ4n) is 4.00. The molecule has 0 aliphatic carbocycles. The summed E-state index contributed by atoms with van der Waals surface area (Å²) >= 11 is 0. The molecule has 2 aromatic heterocycles. The van der Waals surface area contributed by atoms with E-state index in [1.165, 1.54) is 31.6 Å². The standard InChI is InChI=1S/C17H25N5/c1-21-9-3-4-14(12-21)22-16(10-13-6-8-18-11-13)20-15-5-2-7-19-17(15)22/h2,5,7,13-14,18H,3-4,6,8-12H2,1H3. The van der Waals surface area contributed by atoms with E-state index in [1.54, 1.807) is 0 Å². The molecule has 2 saturated heterocycles. The second-order valence-electron chi connectivity index (χ2n) is 6.87. The van der Waals surface area contributed by atoms with E-state index in [-0.39, 0.29) is 0 Å². The van der Waals surface area contributed by atoms with Crippen molar-refractivity contribution < 1.29 is 0 Å². The van der Waals surface area contributed by atoms with Gasteiger partial charge in [-0.3, -0.25) is 0 Å². The van der Waals surface area contributed by atoms with Crippen LogP contribution in [-0.2, 0) is 6.42 Å². The number of fused-ring (bicyclic) bond motifs is 1. The number of rotatable bonds is 3. The topological polar surface area (TPSA) is 46.0 Å². The van der Waals surface area contributed by atoms with Crippen LogP contribution in [0.3, 0.4) is 0 Å². The summed E-state index contributed by atoms with van der Waals surface area (Å²) in [6.45, 7) is 4.59.